The number of aromatic nitrogens is 3. The van der Waals surface area contributed by atoms with Crippen molar-refractivity contribution in [2.45, 2.75) is 45.3 Å². The summed E-state index contributed by atoms with van der Waals surface area (Å²) in [5.74, 6) is 1.20. The molecule has 2 saturated heterocycles. The monoisotopic (exact) mass is 448 g/mol. The second-order valence-electron chi connectivity index (χ2n) is 9.47. The highest BCUT2D eigenvalue weighted by Crippen LogP contribution is 2.34. The second kappa shape index (κ2) is 8.40. The van der Waals surface area contributed by atoms with Crippen LogP contribution < -0.4 is 15.5 Å². The van der Waals surface area contributed by atoms with Crippen LogP contribution in [0.5, 0.6) is 0 Å². The van der Waals surface area contributed by atoms with Crippen LogP contribution in [0.25, 0.3) is 11.3 Å². The Bertz CT molecular complexity index is 939. The fraction of sp³-hybridized carbons (Fsp3) is 0.591. The molecule has 0 bridgehead atoms. The summed E-state index contributed by atoms with van der Waals surface area (Å²) in [6.45, 7) is 11.6. The van der Waals surface area contributed by atoms with E-state index in [-0.39, 0.29) is 28.1 Å². The lowest BCUT2D eigenvalue weighted by Crippen LogP contribution is -2.50. The summed E-state index contributed by atoms with van der Waals surface area (Å²) in [4.78, 5) is 17.7. The SMILES string of the molecule is CC1(C)CN(c2cc(-c3cnc(N)cc3C(F)F)nc(N3CCOC(C)(C)C3)n2)CCO1. The van der Waals surface area contributed by atoms with Crippen LogP contribution in [0.3, 0.4) is 0 Å². The van der Waals surface area contributed by atoms with Crippen LogP contribution in [0.4, 0.5) is 26.4 Å². The number of pyridine rings is 1. The number of anilines is 3. The molecule has 0 saturated carbocycles. The number of nitrogens with two attached hydrogens (primary N) is 1. The van der Waals surface area contributed by atoms with Gasteiger partial charge in [-0.15, -0.1) is 0 Å². The molecule has 32 heavy (non-hydrogen) atoms. The molecule has 0 unspecified atom stereocenters. The molecule has 2 aliphatic heterocycles. The molecule has 174 valence electrons. The maximum Gasteiger partial charge on any atom is 0.264 e. The van der Waals surface area contributed by atoms with Gasteiger partial charge >= 0.3 is 0 Å². The number of nitrogens with zero attached hydrogens (tertiary/aromatic N) is 5. The number of hydrogen-bond acceptors (Lipinski definition) is 8. The van der Waals surface area contributed by atoms with Gasteiger partial charge in [-0.05, 0) is 33.8 Å². The van der Waals surface area contributed by atoms with E-state index in [1.807, 2.05) is 32.6 Å². The van der Waals surface area contributed by atoms with Crippen molar-refractivity contribution < 1.29 is 18.3 Å². The molecule has 2 aromatic rings. The first-order valence-electron chi connectivity index (χ1n) is 10.7. The molecule has 0 radical (unpaired) electrons. The Morgan fingerprint density at radius 2 is 1.59 bits per heavy atom. The van der Waals surface area contributed by atoms with Gasteiger partial charge in [-0.1, -0.05) is 0 Å². The van der Waals surface area contributed by atoms with Crippen LogP contribution in [-0.4, -0.2) is 65.5 Å². The molecule has 2 aromatic heterocycles. The highest BCUT2D eigenvalue weighted by atomic mass is 19.3. The van der Waals surface area contributed by atoms with Crippen molar-refractivity contribution in [2.75, 3.05) is 54.9 Å². The zero-order chi connectivity index (χ0) is 23.1. The van der Waals surface area contributed by atoms with Gasteiger partial charge in [0.1, 0.15) is 11.6 Å². The second-order valence-corrected chi connectivity index (χ2v) is 9.47. The minimum atomic E-state index is -2.71. The lowest BCUT2D eigenvalue weighted by Gasteiger charge is -2.40. The van der Waals surface area contributed by atoms with Crippen LogP contribution in [0.1, 0.15) is 39.7 Å². The molecule has 2 N–H and O–H groups in total. The van der Waals surface area contributed by atoms with Gasteiger partial charge in [-0.3, -0.25) is 0 Å². The first-order valence-corrected chi connectivity index (χ1v) is 10.7. The van der Waals surface area contributed by atoms with Crippen LogP contribution in [0, 0.1) is 0 Å². The smallest absolute Gasteiger partial charge is 0.264 e. The van der Waals surface area contributed by atoms with E-state index in [9.17, 15) is 8.78 Å². The van der Waals surface area contributed by atoms with E-state index in [0.717, 1.165) is 0 Å². The lowest BCUT2D eigenvalue weighted by molar-refractivity contribution is -0.0283. The Balaban J connectivity index is 1.81. The zero-order valence-electron chi connectivity index (χ0n) is 18.9. The number of morpholine rings is 2. The molecule has 0 atom stereocenters. The number of halogens is 2. The highest BCUT2D eigenvalue weighted by Gasteiger charge is 2.32. The summed E-state index contributed by atoms with van der Waals surface area (Å²) in [5.41, 5.74) is 5.41. The van der Waals surface area contributed by atoms with E-state index in [0.29, 0.717) is 56.9 Å². The molecular formula is C22H30F2N6O2. The molecule has 2 aliphatic rings. The number of ether oxygens (including phenoxy) is 2. The van der Waals surface area contributed by atoms with E-state index in [1.54, 1.807) is 6.07 Å². The van der Waals surface area contributed by atoms with E-state index in [4.69, 9.17) is 20.2 Å². The first-order chi connectivity index (χ1) is 15.0. The van der Waals surface area contributed by atoms with Gasteiger partial charge in [0.15, 0.2) is 0 Å². The van der Waals surface area contributed by atoms with Crippen molar-refractivity contribution in [1.29, 1.82) is 0 Å². The molecule has 0 spiro atoms. The molecule has 0 aromatic carbocycles. The molecular weight excluding hydrogens is 418 g/mol. The third kappa shape index (κ3) is 4.91. The number of rotatable bonds is 4. The van der Waals surface area contributed by atoms with E-state index in [2.05, 4.69) is 14.9 Å². The minimum Gasteiger partial charge on any atom is -0.384 e. The van der Waals surface area contributed by atoms with Crippen molar-refractivity contribution in [1.82, 2.24) is 15.0 Å². The van der Waals surface area contributed by atoms with Gasteiger partial charge in [-0.2, -0.15) is 4.98 Å². The summed E-state index contributed by atoms with van der Waals surface area (Å²) in [6, 6.07) is 2.95. The van der Waals surface area contributed by atoms with Crippen molar-refractivity contribution in [3.8, 4) is 11.3 Å². The first kappa shape index (κ1) is 22.6. The highest BCUT2D eigenvalue weighted by molar-refractivity contribution is 5.69. The average molecular weight is 449 g/mol. The Labute approximate surface area is 186 Å². The van der Waals surface area contributed by atoms with Crippen LogP contribution in [-0.2, 0) is 9.47 Å². The van der Waals surface area contributed by atoms with E-state index in [1.165, 1.54) is 12.3 Å². The van der Waals surface area contributed by atoms with Crippen molar-refractivity contribution >= 4 is 17.6 Å². The quantitative estimate of drug-likeness (QED) is 0.762. The van der Waals surface area contributed by atoms with Crippen LogP contribution >= 0.6 is 0 Å². The average Bonchev–Trinajstić information content (AvgIpc) is 2.72. The predicted octanol–water partition coefficient (Wildman–Crippen LogP) is 3.29. The Morgan fingerprint density at radius 1 is 0.969 bits per heavy atom. The maximum absolute atomic E-state index is 13.8. The van der Waals surface area contributed by atoms with Gasteiger partial charge in [0.25, 0.3) is 6.43 Å². The molecule has 2 fully saturated rings. The summed E-state index contributed by atoms with van der Waals surface area (Å²) in [5, 5.41) is 0. The minimum absolute atomic E-state index is 0.0448. The topological polar surface area (TPSA) is 89.6 Å². The lowest BCUT2D eigenvalue weighted by atomic mass is 10.1. The third-order valence-corrected chi connectivity index (χ3v) is 5.63. The molecule has 8 nitrogen and oxygen atoms in total. The standard InChI is InChI=1S/C22H30F2N6O2/c1-21(2)12-29(5-7-31-21)18-10-16(15-11-26-17(25)9-14(15)19(23)24)27-20(28-18)30-6-8-32-22(3,4)13-30/h9-11,19H,5-8,12-13H2,1-4H3,(H2,25,26). The van der Waals surface area contributed by atoms with E-state index < -0.39 is 6.43 Å². The third-order valence-electron chi connectivity index (χ3n) is 5.63. The van der Waals surface area contributed by atoms with Gasteiger partial charge < -0.3 is 25.0 Å². The number of nitrogen functional groups attached to an aromatic ring is 1. The summed E-state index contributed by atoms with van der Waals surface area (Å²) in [6.07, 6.45) is -1.35. The molecule has 4 heterocycles. The predicted molar refractivity (Wildman–Crippen MR) is 119 cm³/mol. The van der Waals surface area contributed by atoms with Crippen molar-refractivity contribution in [3.05, 3.63) is 23.9 Å². The van der Waals surface area contributed by atoms with Crippen molar-refractivity contribution in [2.24, 2.45) is 0 Å². The number of hydrogen-bond donors (Lipinski definition) is 1. The Kier molecular flexibility index (Phi) is 5.93. The molecule has 0 aliphatic carbocycles. The van der Waals surface area contributed by atoms with Gasteiger partial charge in [-0.25, -0.2) is 18.7 Å². The van der Waals surface area contributed by atoms with E-state index >= 15 is 0 Å². The Hall–Kier alpha value is -2.59. The summed E-state index contributed by atoms with van der Waals surface area (Å²) >= 11 is 0. The van der Waals surface area contributed by atoms with Crippen LogP contribution in [0.2, 0.25) is 0 Å². The zero-order valence-corrected chi connectivity index (χ0v) is 18.9. The fourth-order valence-electron chi connectivity index (χ4n) is 4.15. The molecule has 10 heteroatoms. The maximum atomic E-state index is 13.8. The molecule has 0 amide bonds. The largest absolute Gasteiger partial charge is 0.384 e. The molecule has 4 rings (SSSR count). The summed E-state index contributed by atoms with van der Waals surface area (Å²) in [7, 11) is 0. The van der Waals surface area contributed by atoms with Gasteiger partial charge in [0.05, 0.1) is 30.1 Å². The van der Waals surface area contributed by atoms with Gasteiger partial charge in [0.2, 0.25) is 5.95 Å². The van der Waals surface area contributed by atoms with Gasteiger partial charge in [0, 0.05) is 49.6 Å². The Morgan fingerprint density at radius 3 is 2.22 bits per heavy atom. The van der Waals surface area contributed by atoms with Crippen molar-refractivity contribution in [3.63, 3.8) is 0 Å². The number of alkyl halides is 2. The van der Waals surface area contributed by atoms with Crippen LogP contribution in [0.15, 0.2) is 18.3 Å². The fourth-order valence-corrected chi connectivity index (χ4v) is 4.15. The summed E-state index contributed by atoms with van der Waals surface area (Å²) < 4.78 is 39.3. The normalized spacial score (nSPS) is 20.6.